The summed E-state index contributed by atoms with van der Waals surface area (Å²) in [6.07, 6.45) is 3.12. The number of amides is 1. The summed E-state index contributed by atoms with van der Waals surface area (Å²) in [5, 5.41) is 11.7. The van der Waals surface area contributed by atoms with Gasteiger partial charge in [-0.3, -0.25) is 9.69 Å². The van der Waals surface area contributed by atoms with Crippen molar-refractivity contribution in [2.75, 3.05) is 13.6 Å². The predicted octanol–water partition coefficient (Wildman–Crippen LogP) is 3.12. The van der Waals surface area contributed by atoms with Crippen LogP contribution in [0.3, 0.4) is 0 Å². The van der Waals surface area contributed by atoms with Crippen molar-refractivity contribution in [2.45, 2.75) is 31.8 Å². The highest BCUT2D eigenvalue weighted by Crippen LogP contribution is 2.33. The first-order chi connectivity index (χ1) is 12.5. The first kappa shape index (κ1) is 18.2. The van der Waals surface area contributed by atoms with Crippen LogP contribution < -0.4 is 5.32 Å². The molecule has 2 aromatic rings. The number of hydrogen-bond acceptors (Lipinski definition) is 3. The average Bonchev–Trinajstić information content (AvgIpc) is 3.04. The van der Waals surface area contributed by atoms with Gasteiger partial charge in [-0.15, -0.1) is 0 Å². The van der Waals surface area contributed by atoms with E-state index in [0.29, 0.717) is 23.4 Å². The van der Waals surface area contributed by atoms with Crippen LogP contribution in [0.15, 0.2) is 30.3 Å². The van der Waals surface area contributed by atoms with E-state index >= 15 is 0 Å². The Labute approximate surface area is 153 Å². The Bertz CT molecular complexity index is 852. The summed E-state index contributed by atoms with van der Waals surface area (Å²) >= 11 is 0. The third kappa shape index (κ3) is 3.49. The van der Waals surface area contributed by atoms with Gasteiger partial charge < -0.3 is 9.88 Å². The smallest absolute Gasteiger partial charge is 0.267 e. The Kier molecular flexibility index (Phi) is 5.38. The molecular formula is C20H23FN4O. The Morgan fingerprint density at radius 2 is 2.15 bits per heavy atom. The molecule has 1 unspecified atom stereocenters. The van der Waals surface area contributed by atoms with Crippen LogP contribution in [0, 0.1) is 17.1 Å². The molecule has 1 aliphatic rings. The van der Waals surface area contributed by atoms with Gasteiger partial charge in [0.25, 0.3) is 5.91 Å². The quantitative estimate of drug-likeness (QED) is 0.918. The van der Waals surface area contributed by atoms with Crippen molar-refractivity contribution >= 4 is 5.91 Å². The lowest BCUT2D eigenvalue weighted by molar-refractivity contribution is 0.0952. The predicted molar refractivity (Wildman–Crippen MR) is 96.9 cm³/mol. The van der Waals surface area contributed by atoms with Gasteiger partial charge in [0, 0.05) is 31.9 Å². The molecule has 3 rings (SSSR count). The molecule has 6 heteroatoms. The largest absolute Gasteiger partial charge is 0.354 e. The van der Waals surface area contributed by atoms with Gasteiger partial charge in [-0.25, -0.2) is 4.39 Å². The van der Waals surface area contributed by atoms with E-state index in [-0.39, 0.29) is 17.8 Å². The second kappa shape index (κ2) is 7.71. The van der Waals surface area contributed by atoms with Crippen molar-refractivity contribution < 1.29 is 9.18 Å². The molecule has 1 N–H and O–H groups in total. The minimum absolute atomic E-state index is 0.117. The van der Waals surface area contributed by atoms with E-state index in [1.165, 1.54) is 12.1 Å². The molecule has 1 saturated heterocycles. The van der Waals surface area contributed by atoms with Crippen molar-refractivity contribution in [1.82, 2.24) is 14.8 Å². The van der Waals surface area contributed by atoms with Crippen LogP contribution in [0.1, 0.15) is 52.6 Å². The van der Waals surface area contributed by atoms with Crippen LogP contribution in [0.2, 0.25) is 0 Å². The molecule has 2 heterocycles. The van der Waals surface area contributed by atoms with E-state index in [0.717, 1.165) is 31.5 Å². The number of halogens is 1. The fourth-order valence-corrected chi connectivity index (χ4v) is 3.72. The van der Waals surface area contributed by atoms with Crippen LogP contribution in [0.4, 0.5) is 4.39 Å². The first-order valence-corrected chi connectivity index (χ1v) is 8.85. The molecule has 0 saturated carbocycles. The molecule has 1 amide bonds. The number of hydrogen-bond donors (Lipinski definition) is 1. The third-order valence-electron chi connectivity index (χ3n) is 5.12. The standard InChI is InChI=1S/C20H23FN4O/c1-23-20(26)19-9-8-17(24(19)2)18-5-3-4-10-25(18)13-15-11-14(12-22)6-7-16(15)21/h6-9,11,18H,3-5,10,13H2,1-2H3,(H,23,26). The number of rotatable bonds is 4. The van der Waals surface area contributed by atoms with Gasteiger partial charge in [-0.1, -0.05) is 6.42 Å². The molecule has 1 fully saturated rings. The molecule has 1 aliphatic heterocycles. The Hall–Kier alpha value is -2.65. The summed E-state index contributed by atoms with van der Waals surface area (Å²) in [6, 6.07) is 10.5. The van der Waals surface area contributed by atoms with E-state index in [4.69, 9.17) is 5.26 Å². The number of carbonyl (C=O) groups is 1. The Morgan fingerprint density at radius 1 is 1.35 bits per heavy atom. The molecule has 0 aliphatic carbocycles. The second-order valence-corrected chi connectivity index (χ2v) is 6.68. The SMILES string of the molecule is CNC(=O)c1ccc(C2CCCCN2Cc2cc(C#N)ccc2F)n1C. The summed E-state index contributed by atoms with van der Waals surface area (Å²) in [5.41, 5.74) is 2.68. The summed E-state index contributed by atoms with van der Waals surface area (Å²) in [7, 11) is 3.51. The van der Waals surface area contributed by atoms with Crippen LogP contribution in [0.25, 0.3) is 0 Å². The second-order valence-electron chi connectivity index (χ2n) is 6.68. The van der Waals surface area contributed by atoms with Gasteiger partial charge >= 0.3 is 0 Å². The Morgan fingerprint density at radius 3 is 2.88 bits per heavy atom. The van der Waals surface area contributed by atoms with E-state index in [2.05, 4.69) is 16.3 Å². The molecule has 1 atom stereocenters. The number of nitrogens with one attached hydrogen (secondary N) is 1. The van der Waals surface area contributed by atoms with Crippen LogP contribution >= 0.6 is 0 Å². The third-order valence-corrected chi connectivity index (χ3v) is 5.12. The maximum atomic E-state index is 14.2. The number of aromatic nitrogens is 1. The Balaban J connectivity index is 1.89. The first-order valence-electron chi connectivity index (χ1n) is 8.85. The fraction of sp³-hybridized carbons (Fsp3) is 0.400. The number of piperidine rings is 1. The van der Waals surface area contributed by atoms with Crippen molar-refractivity contribution in [2.24, 2.45) is 7.05 Å². The zero-order valence-electron chi connectivity index (χ0n) is 15.1. The molecule has 5 nitrogen and oxygen atoms in total. The molecule has 0 bridgehead atoms. The van der Waals surface area contributed by atoms with E-state index in [9.17, 15) is 9.18 Å². The highest BCUT2D eigenvalue weighted by Gasteiger charge is 2.28. The highest BCUT2D eigenvalue weighted by atomic mass is 19.1. The normalized spacial score (nSPS) is 17.7. The molecule has 0 radical (unpaired) electrons. The van der Waals surface area contributed by atoms with E-state index < -0.39 is 0 Å². The van der Waals surface area contributed by atoms with Crippen molar-refractivity contribution in [3.8, 4) is 6.07 Å². The van der Waals surface area contributed by atoms with Crippen LogP contribution in [-0.4, -0.2) is 29.0 Å². The van der Waals surface area contributed by atoms with Crippen LogP contribution in [0.5, 0.6) is 0 Å². The summed E-state index contributed by atoms with van der Waals surface area (Å²) in [6.45, 7) is 1.31. The number of likely N-dealkylation sites (tertiary alicyclic amines) is 1. The van der Waals surface area contributed by atoms with E-state index in [1.54, 1.807) is 13.1 Å². The van der Waals surface area contributed by atoms with Gasteiger partial charge in [0.05, 0.1) is 17.7 Å². The molecule has 1 aromatic heterocycles. The van der Waals surface area contributed by atoms with Gasteiger partial charge in [-0.05, 0) is 49.7 Å². The lowest BCUT2D eigenvalue weighted by Gasteiger charge is -2.36. The zero-order chi connectivity index (χ0) is 18.7. The molecule has 136 valence electrons. The number of nitriles is 1. The topological polar surface area (TPSA) is 61.1 Å². The molecule has 26 heavy (non-hydrogen) atoms. The monoisotopic (exact) mass is 354 g/mol. The molecule has 1 aromatic carbocycles. The summed E-state index contributed by atoms with van der Waals surface area (Å²) < 4.78 is 16.2. The van der Waals surface area contributed by atoms with Crippen LogP contribution in [-0.2, 0) is 13.6 Å². The molecular weight excluding hydrogens is 331 g/mol. The van der Waals surface area contributed by atoms with Crippen molar-refractivity contribution in [1.29, 1.82) is 5.26 Å². The fourth-order valence-electron chi connectivity index (χ4n) is 3.72. The average molecular weight is 354 g/mol. The van der Waals surface area contributed by atoms with Gasteiger partial charge in [-0.2, -0.15) is 5.26 Å². The zero-order valence-corrected chi connectivity index (χ0v) is 15.1. The maximum absolute atomic E-state index is 14.2. The number of nitrogens with zero attached hydrogens (tertiary/aromatic N) is 3. The highest BCUT2D eigenvalue weighted by molar-refractivity contribution is 5.92. The number of carbonyl (C=O) groups excluding carboxylic acids is 1. The number of benzene rings is 1. The van der Waals surface area contributed by atoms with E-state index in [1.807, 2.05) is 23.7 Å². The van der Waals surface area contributed by atoms with Gasteiger partial charge in [0.15, 0.2) is 0 Å². The summed E-state index contributed by atoms with van der Waals surface area (Å²) in [4.78, 5) is 14.2. The van der Waals surface area contributed by atoms with Crippen molar-refractivity contribution in [3.05, 3.63) is 58.7 Å². The minimum Gasteiger partial charge on any atom is -0.354 e. The summed E-state index contributed by atoms with van der Waals surface area (Å²) in [5.74, 6) is -0.403. The molecule has 0 spiro atoms. The van der Waals surface area contributed by atoms with Crippen molar-refractivity contribution in [3.63, 3.8) is 0 Å². The van der Waals surface area contributed by atoms with Gasteiger partial charge in [0.2, 0.25) is 0 Å². The maximum Gasteiger partial charge on any atom is 0.267 e. The van der Waals surface area contributed by atoms with Gasteiger partial charge in [0.1, 0.15) is 11.5 Å². The lowest BCUT2D eigenvalue weighted by atomic mass is 9.98. The minimum atomic E-state index is -0.286. The lowest BCUT2D eigenvalue weighted by Crippen LogP contribution is -2.34.